The number of methoxy groups -OCH3 is 1. The summed E-state index contributed by atoms with van der Waals surface area (Å²) in [5.41, 5.74) is 0.797. The van der Waals surface area contributed by atoms with E-state index in [9.17, 15) is 13.2 Å². The number of halogens is 1. The number of imidazole rings is 1. The topological polar surface area (TPSA) is 121 Å². The highest BCUT2D eigenvalue weighted by Gasteiger charge is 2.12. The molecule has 1 aromatic carbocycles. The molecule has 0 spiro atoms. The number of carbonyl (C=O) groups is 1. The van der Waals surface area contributed by atoms with Crippen molar-refractivity contribution in [3.63, 3.8) is 0 Å². The van der Waals surface area contributed by atoms with Gasteiger partial charge in [0.25, 0.3) is 10.1 Å². The molecule has 1 amide bonds. The molecule has 0 fully saturated rings. The molecule has 2 rings (SSSR count). The number of amides is 1. The molecule has 0 unspecified atom stereocenters. The highest BCUT2D eigenvalue weighted by atomic mass is 35.5. The fraction of sp³-hybridized carbons (Fsp3) is 0.111. The highest BCUT2D eigenvalue weighted by Crippen LogP contribution is 2.18. The van der Waals surface area contributed by atoms with E-state index in [2.05, 4.69) is 20.0 Å². The first-order chi connectivity index (χ1) is 8.40. The molecule has 0 bridgehead atoms. The van der Waals surface area contributed by atoms with Gasteiger partial charge in [-0.25, -0.2) is 9.78 Å². The molecule has 104 valence electrons. The van der Waals surface area contributed by atoms with Crippen molar-refractivity contribution in [3.05, 3.63) is 18.2 Å². The minimum absolute atomic E-state index is 0. The third-order valence-corrected chi connectivity index (χ3v) is 3.01. The number of aromatic amines is 1. The first-order valence-electron chi connectivity index (χ1n) is 4.72. The molecular formula is C9H10ClN3O5S. The summed E-state index contributed by atoms with van der Waals surface area (Å²) in [6.45, 7) is 0. The Labute approximate surface area is 114 Å². The predicted octanol–water partition coefficient (Wildman–Crippen LogP) is 1.41. The zero-order chi connectivity index (χ0) is 13.3. The van der Waals surface area contributed by atoms with E-state index in [4.69, 9.17) is 4.55 Å². The van der Waals surface area contributed by atoms with Crippen molar-refractivity contribution in [2.24, 2.45) is 0 Å². The van der Waals surface area contributed by atoms with E-state index in [1.165, 1.54) is 25.3 Å². The summed E-state index contributed by atoms with van der Waals surface area (Å²) in [6.07, 6.45) is -0.705. The van der Waals surface area contributed by atoms with Crippen LogP contribution in [0.4, 0.5) is 10.7 Å². The number of carbonyl (C=O) groups excluding carboxylic acids is 1. The van der Waals surface area contributed by atoms with Crippen molar-refractivity contribution in [2.75, 3.05) is 12.4 Å². The quantitative estimate of drug-likeness (QED) is 0.721. The summed E-state index contributed by atoms with van der Waals surface area (Å²) >= 11 is 0. The van der Waals surface area contributed by atoms with Gasteiger partial charge in [0, 0.05) is 0 Å². The van der Waals surface area contributed by atoms with E-state index < -0.39 is 16.2 Å². The van der Waals surface area contributed by atoms with Crippen LogP contribution in [0.2, 0.25) is 0 Å². The lowest BCUT2D eigenvalue weighted by Gasteiger charge is -1.96. The van der Waals surface area contributed by atoms with Crippen molar-refractivity contribution in [2.45, 2.75) is 4.90 Å². The van der Waals surface area contributed by atoms with Crippen LogP contribution in [0.5, 0.6) is 0 Å². The minimum atomic E-state index is -4.28. The van der Waals surface area contributed by atoms with Gasteiger partial charge in [0.1, 0.15) is 0 Å². The molecule has 1 aromatic heterocycles. The van der Waals surface area contributed by atoms with Crippen LogP contribution >= 0.6 is 12.4 Å². The lowest BCUT2D eigenvalue weighted by molar-refractivity contribution is 0.186. The zero-order valence-corrected chi connectivity index (χ0v) is 11.2. The molecule has 0 saturated heterocycles. The molecule has 0 aliphatic carbocycles. The van der Waals surface area contributed by atoms with E-state index >= 15 is 0 Å². The monoisotopic (exact) mass is 307 g/mol. The fourth-order valence-corrected chi connectivity index (χ4v) is 1.85. The van der Waals surface area contributed by atoms with Crippen LogP contribution in [-0.4, -0.2) is 36.1 Å². The summed E-state index contributed by atoms with van der Waals surface area (Å²) < 4.78 is 35.1. The Morgan fingerprint density at radius 2 is 2.16 bits per heavy atom. The molecule has 0 saturated carbocycles. The second kappa shape index (κ2) is 5.43. The number of hydrogen-bond acceptors (Lipinski definition) is 5. The maximum Gasteiger partial charge on any atom is 0.413 e. The summed E-state index contributed by atoms with van der Waals surface area (Å²) in [7, 11) is -3.08. The van der Waals surface area contributed by atoms with Gasteiger partial charge in [-0.05, 0) is 18.2 Å². The van der Waals surface area contributed by atoms with Gasteiger partial charge in [0.15, 0.2) is 0 Å². The number of ether oxygens (including phenoxy) is 1. The van der Waals surface area contributed by atoms with E-state index in [1.807, 2.05) is 0 Å². The standard InChI is InChI=1S/C9H9N3O5S.ClH/c1-17-9(13)12-8-10-6-3-2-5(18(14,15)16)4-7(6)11-8;/h2-4H,1H3,(H,14,15,16)(H2,10,11,12,13);1H. The van der Waals surface area contributed by atoms with Crippen molar-refractivity contribution in [1.29, 1.82) is 0 Å². The predicted molar refractivity (Wildman–Crippen MR) is 69.2 cm³/mol. The van der Waals surface area contributed by atoms with Gasteiger partial charge in [-0.15, -0.1) is 12.4 Å². The van der Waals surface area contributed by atoms with Gasteiger partial charge < -0.3 is 9.72 Å². The number of H-pyrrole nitrogens is 1. The maximum atomic E-state index is 11.0. The summed E-state index contributed by atoms with van der Waals surface area (Å²) in [4.78, 5) is 17.4. The van der Waals surface area contributed by atoms with Gasteiger partial charge in [-0.1, -0.05) is 0 Å². The molecule has 0 radical (unpaired) electrons. The van der Waals surface area contributed by atoms with Crippen LogP contribution in [0.15, 0.2) is 23.1 Å². The summed E-state index contributed by atoms with van der Waals surface area (Å²) in [5.74, 6) is 0.115. The molecular weight excluding hydrogens is 298 g/mol. The fourth-order valence-electron chi connectivity index (χ4n) is 1.35. The zero-order valence-electron chi connectivity index (χ0n) is 9.58. The Balaban J connectivity index is 0.00000180. The summed E-state index contributed by atoms with van der Waals surface area (Å²) in [5, 5.41) is 2.30. The van der Waals surface area contributed by atoms with E-state index in [-0.39, 0.29) is 28.8 Å². The Morgan fingerprint density at radius 3 is 2.74 bits per heavy atom. The average Bonchev–Trinajstić information content (AvgIpc) is 2.68. The summed E-state index contributed by atoms with van der Waals surface area (Å²) in [6, 6.07) is 3.83. The van der Waals surface area contributed by atoms with Crippen LogP contribution in [0.1, 0.15) is 0 Å². The third kappa shape index (κ3) is 3.34. The Kier molecular flexibility index (Phi) is 4.35. The number of benzene rings is 1. The van der Waals surface area contributed by atoms with Gasteiger partial charge in [-0.3, -0.25) is 9.87 Å². The molecule has 3 N–H and O–H groups in total. The third-order valence-electron chi connectivity index (χ3n) is 2.16. The molecule has 1 heterocycles. The first kappa shape index (κ1) is 15.2. The average molecular weight is 308 g/mol. The molecule has 0 aliphatic heterocycles. The van der Waals surface area contributed by atoms with Crippen molar-refractivity contribution < 1.29 is 22.5 Å². The number of anilines is 1. The lowest BCUT2D eigenvalue weighted by atomic mass is 10.3. The number of fused-ring (bicyclic) bond motifs is 1. The number of aromatic nitrogens is 2. The molecule has 0 aliphatic rings. The number of hydrogen-bond donors (Lipinski definition) is 3. The second-order valence-corrected chi connectivity index (χ2v) is 4.78. The van der Waals surface area contributed by atoms with Crippen molar-refractivity contribution >= 4 is 45.6 Å². The van der Waals surface area contributed by atoms with Crippen molar-refractivity contribution in [1.82, 2.24) is 9.97 Å². The Morgan fingerprint density at radius 1 is 1.47 bits per heavy atom. The van der Waals surface area contributed by atoms with Crippen molar-refractivity contribution in [3.8, 4) is 0 Å². The molecule has 19 heavy (non-hydrogen) atoms. The number of nitrogens with zero attached hydrogens (tertiary/aromatic N) is 1. The van der Waals surface area contributed by atoms with Crippen LogP contribution in [-0.2, 0) is 14.9 Å². The number of nitrogens with one attached hydrogen (secondary N) is 2. The van der Waals surface area contributed by atoms with Crippen LogP contribution in [0.25, 0.3) is 11.0 Å². The highest BCUT2D eigenvalue weighted by molar-refractivity contribution is 7.85. The van der Waals surface area contributed by atoms with Crippen LogP contribution in [0.3, 0.4) is 0 Å². The normalized spacial score (nSPS) is 10.8. The molecule has 10 heteroatoms. The SMILES string of the molecule is COC(=O)Nc1nc2cc(S(=O)(=O)O)ccc2[nH]1.Cl. The Bertz CT molecular complexity index is 712. The van der Waals surface area contributed by atoms with Crippen LogP contribution < -0.4 is 5.32 Å². The van der Waals surface area contributed by atoms with Gasteiger partial charge in [0.05, 0.1) is 23.0 Å². The number of rotatable bonds is 2. The molecule has 2 aromatic rings. The van der Waals surface area contributed by atoms with E-state index in [0.29, 0.717) is 5.52 Å². The first-order valence-corrected chi connectivity index (χ1v) is 6.16. The van der Waals surface area contributed by atoms with E-state index in [0.717, 1.165) is 0 Å². The van der Waals surface area contributed by atoms with Crippen LogP contribution in [0, 0.1) is 0 Å². The lowest BCUT2D eigenvalue weighted by Crippen LogP contribution is -2.11. The Hall–Kier alpha value is -1.84. The van der Waals surface area contributed by atoms with Gasteiger partial charge in [-0.2, -0.15) is 8.42 Å². The molecule has 0 atom stereocenters. The largest absolute Gasteiger partial charge is 0.453 e. The minimum Gasteiger partial charge on any atom is -0.453 e. The van der Waals surface area contributed by atoms with Gasteiger partial charge >= 0.3 is 6.09 Å². The second-order valence-electron chi connectivity index (χ2n) is 3.36. The molecule has 8 nitrogen and oxygen atoms in total. The smallest absolute Gasteiger partial charge is 0.413 e. The van der Waals surface area contributed by atoms with Gasteiger partial charge in [0.2, 0.25) is 5.95 Å². The van der Waals surface area contributed by atoms with E-state index in [1.54, 1.807) is 0 Å². The maximum absolute atomic E-state index is 11.0.